The topological polar surface area (TPSA) is 122 Å². The number of para-hydroxylation sites is 1. The molecule has 0 bridgehead atoms. The van der Waals surface area contributed by atoms with Gasteiger partial charge in [0, 0.05) is 31.9 Å². The number of nitrogens with zero attached hydrogens (tertiary/aromatic N) is 3. The number of carbonyl (C=O) groups excluding carboxylic acids is 2. The van der Waals surface area contributed by atoms with Crippen LogP contribution in [0.1, 0.15) is 10.4 Å². The van der Waals surface area contributed by atoms with E-state index in [-0.39, 0.29) is 18.0 Å². The second-order valence-electron chi connectivity index (χ2n) is 6.53. The van der Waals surface area contributed by atoms with Crippen molar-refractivity contribution in [1.82, 2.24) is 10.2 Å². The van der Waals surface area contributed by atoms with Crippen molar-refractivity contribution in [2.24, 2.45) is 0 Å². The highest BCUT2D eigenvalue weighted by Gasteiger charge is 2.24. The fraction of sp³-hybridized carbons (Fsp3) is 0.263. The molecule has 0 unspecified atom stereocenters. The first-order chi connectivity index (χ1) is 13.9. The van der Waals surface area contributed by atoms with Crippen LogP contribution in [0.25, 0.3) is 0 Å². The number of nitro groups is 1. The third kappa shape index (κ3) is 4.60. The van der Waals surface area contributed by atoms with Gasteiger partial charge in [0.1, 0.15) is 11.5 Å². The summed E-state index contributed by atoms with van der Waals surface area (Å²) in [5, 5.41) is 13.3. The van der Waals surface area contributed by atoms with Crippen LogP contribution in [0.3, 0.4) is 0 Å². The molecule has 1 saturated heterocycles. The van der Waals surface area contributed by atoms with E-state index in [4.69, 9.17) is 5.73 Å². The molecule has 10 heteroatoms. The van der Waals surface area contributed by atoms with Gasteiger partial charge in [-0.3, -0.25) is 19.7 Å². The summed E-state index contributed by atoms with van der Waals surface area (Å²) in [6.45, 7) is 2.00. The van der Waals surface area contributed by atoms with Crippen molar-refractivity contribution in [3.05, 3.63) is 64.0 Å². The molecular weight excluding hydrogens is 381 g/mol. The molecule has 29 heavy (non-hydrogen) atoms. The van der Waals surface area contributed by atoms with E-state index in [0.29, 0.717) is 32.2 Å². The van der Waals surface area contributed by atoms with Crippen LogP contribution in [-0.4, -0.2) is 54.4 Å². The number of nitro benzene ring substituents is 1. The Morgan fingerprint density at radius 1 is 1.14 bits per heavy atom. The van der Waals surface area contributed by atoms with Gasteiger partial charge in [-0.1, -0.05) is 18.2 Å². The molecule has 0 atom stereocenters. The molecule has 1 aliphatic rings. The SMILES string of the molecule is Nc1c(C(=O)NCC(=O)N2CCN(c3ccccc3)CC2)cc(F)cc1[N+](=O)[O-]. The maximum atomic E-state index is 13.6. The van der Waals surface area contributed by atoms with Crippen molar-refractivity contribution in [1.29, 1.82) is 0 Å². The summed E-state index contributed by atoms with van der Waals surface area (Å²) in [6, 6.07) is 11.3. The normalized spacial score (nSPS) is 13.8. The summed E-state index contributed by atoms with van der Waals surface area (Å²) >= 11 is 0. The molecule has 0 saturated carbocycles. The summed E-state index contributed by atoms with van der Waals surface area (Å²) in [5.41, 5.74) is 5.16. The molecule has 2 aromatic rings. The van der Waals surface area contributed by atoms with Gasteiger partial charge in [-0.15, -0.1) is 0 Å². The molecule has 0 aromatic heterocycles. The molecule has 1 heterocycles. The van der Waals surface area contributed by atoms with Gasteiger partial charge >= 0.3 is 0 Å². The standard InChI is InChI=1S/C19H20FN5O4/c20-13-10-15(18(21)16(11-13)25(28)29)19(27)22-12-17(26)24-8-6-23(7-9-24)14-4-2-1-3-5-14/h1-5,10-11H,6-9,12,21H2,(H,22,27). The molecular formula is C19H20FN5O4. The first-order valence-electron chi connectivity index (χ1n) is 8.96. The lowest BCUT2D eigenvalue weighted by Crippen LogP contribution is -2.51. The van der Waals surface area contributed by atoms with Crippen molar-refractivity contribution in [3.8, 4) is 0 Å². The van der Waals surface area contributed by atoms with E-state index in [2.05, 4.69) is 10.2 Å². The second kappa shape index (κ2) is 8.55. The summed E-state index contributed by atoms with van der Waals surface area (Å²) in [5.74, 6) is -2.10. The lowest BCUT2D eigenvalue weighted by atomic mass is 10.1. The van der Waals surface area contributed by atoms with Crippen LogP contribution in [0.5, 0.6) is 0 Å². The minimum atomic E-state index is -0.959. The van der Waals surface area contributed by atoms with Crippen LogP contribution in [0.2, 0.25) is 0 Å². The first-order valence-corrected chi connectivity index (χ1v) is 8.96. The first kappa shape index (κ1) is 20.1. The molecule has 1 aliphatic heterocycles. The smallest absolute Gasteiger partial charge is 0.295 e. The number of nitrogens with two attached hydrogens (primary N) is 1. The largest absolute Gasteiger partial charge is 0.393 e. The van der Waals surface area contributed by atoms with Crippen LogP contribution in [0, 0.1) is 15.9 Å². The summed E-state index contributed by atoms with van der Waals surface area (Å²) in [4.78, 5) is 38.5. The number of nitrogens with one attached hydrogen (secondary N) is 1. The highest BCUT2D eigenvalue weighted by atomic mass is 19.1. The number of hydrogen-bond acceptors (Lipinski definition) is 6. The maximum Gasteiger partial charge on any atom is 0.295 e. The van der Waals surface area contributed by atoms with E-state index in [1.165, 1.54) is 0 Å². The molecule has 3 N–H and O–H groups in total. The molecule has 9 nitrogen and oxygen atoms in total. The second-order valence-corrected chi connectivity index (χ2v) is 6.53. The third-order valence-corrected chi connectivity index (χ3v) is 4.72. The molecule has 0 spiro atoms. The number of hydrogen-bond donors (Lipinski definition) is 2. The quantitative estimate of drug-likeness (QED) is 0.444. The minimum Gasteiger partial charge on any atom is -0.393 e. The number of rotatable bonds is 5. The van der Waals surface area contributed by atoms with E-state index in [1.807, 2.05) is 30.3 Å². The Kier molecular flexibility index (Phi) is 5.91. The number of nitrogen functional groups attached to an aromatic ring is 1. The summed E-state index contributed by atoms with van der Waals surface area (Å²) < 4.78 is 13.6. The molecule has 0 aliphatic carbocycles. The monoisotopic (exact) mass is 401 g/mol. The van der Waals surface area contributed by atoms with Gasteiger partial charge in [0.15, 0.2) is 0 Å². The summed E-state index contributed by atoms with van der Waals surface area (Å²) in [6.07, 6.45) is 0. The van der Waals surface area contributed by atoms with Crippen molar-refractivity contribution in [2.75, 3.05) is 43.4 Å². The number of anilines is 2. The number of piperazine rings is 1. The zero-order chi connectivity index (χ0) is 21.0. The van der Waals surface area contributed by atoms with Gasteiger partial charge in [0.25, 0.3) is 11.6 Å². The van der Waals surface area contributed by atoms with Gasteiger partial charge in [-0.2, -0.15) is 0 Å². The third-order valence-electron chi connectivity index (χ3n) is 4.72. The zero-order valence-electron chi connectivity index (χ0n) is 15.5. The van der Waals surface area contributed by atoms with Crippen molar-refractivity contribution in [3.63, 3.8) is 0 Å². The Labute approximate surface area is 166 Å². The van der Waals surface area contributed by atoms with Crippen LogP contribution in [-0.2, 0) is 4.79 Å². The van der Waals surface area contributed by atoms with E-state index in [0.717, 1.165) is 11.8 Å². The van der Waals surface area contributed by atoms with Gasteiger partial charge in [-0.05, 0) is 18.2 Å². The predicted octanol–water partition coefficient (Wildman–Crippen LogP) is 1.39. The number of halogens is 1. The van der Waals surface area contributed by atoms with Gasteiger partial charge in [0.2, 0.25) is 5.91 Å². The molecule has 0 radical (unpaired) electrons. The number of carbonyl (C=O) groups is 2. The maximum absolute atomic E-state index is 13.6. The zero-order valence-corrected chi connectivity index (χ0v) is 15.5. The Hall–Kier alpha value is -3.69. The Morgan fingerprint density at radius 3 is 2.41 bits per heavy atom. The van der Waals surface area contributed by atoms with Crippen molar-refractivity contribution < 1.29 is 18.9 Å². The fourth-order valence-electron chi connectivity index (χ4n) is 3.16. The lowest BCUT2D eigenvalue weighted by molar-refractivity contribution is -0.384. The van der Waals surface area contributed by atoms with E-state index < -0.39 is 28.0 Å². The summed E-state index contributed by atoms with van der Waals surface area (Å²) in [7, 11) is 0. The highest BCUT2D eigenvalue weighted by Crippen LogP contribution is 2.26. The average Bonchev–Trinajstić information content (AvgIpc) is 2.73. The fourth-order valence-corrected chi connectivity index (χ4v) is 3.16. The molecule has 1 fully saturated rings. The Bertz CT molecular complexity index is 930. The van der Waals surface area contributed by atoms with Crippen LogP contribution >= 0.6 is 0 Å². The van der Waals surface area contributed by atoms with Gasteiger partial charge in [0.05, 0.1) is 23.1 Å². The van der Waals surface area contributed by atoms with Crippen LogP contribution in [0.15, 0.2) is 42.5 Å². The molecule has 2 aromatic carbocycles. The number of amides is 2. The van der Waals surface area contributed by atoms with Crippen molar-refractivity contribution >= 4 is 28.9 Å². The molecule has 152 valence electrons. The van der Waals surface area contributed by atoms with Crippen LogP contribution in [0.4, 0.5) is 21.5 Å². The highest BCUT2D eigenvalue weighted by molar-refractivity contribution is 6.02. The molecule has 2 amide bonds. The lowest BCUT2D eigenvalue weighted by Gasteiger charge is -2.36. The number of benzene rings is 2. The minimum absolute atomic E-state index is 0.296. The van der Waals surface area contributed by atoms with E-state index in [9.17, 15) is 24.1 Å². The predicted molar refractivity (Wildman–Crippen MR) is 105 cm³/mol. The Balaban J connectivity index is 1.56. The van der Waals surface area contributed by atoms with Crippen LogP contribution < -0.4 is 16.0 Å². The van der Waals surface area contributed by atoms with E-state index >= 15 is 0 Å². The average molecular weight is 401 g/mol. The van der Waals surface area contributed by atoms with Gasteiger partial charge in [-0.25, -0.2) is 4.39 Å². The van der Waals surface area contributed by atoms with E-state index in [1.54, 1.807) is 4.90 Å². The van der Waals surface area contributed by atoms with Crippen molar-refractivity contribution in [2.45, 2.75) is 0 Å². The Morgan fingerprint density at radius 2 is 1.79 bits per heavy atom. The molecule has 3 rings (SSSR count). The van der Waals surface area contributed by atoms with Gasteiger partial charge < -0.3 is 20.9 Å².